The minimum absolute atomic E-state index is 0.0188. The predicted octanol–water partition coefficient (Wildman–Crippen LogP) is 4.41. The van der Waals surface area contributed by atoms with Crippen molar-refractivity contribution in [1.29, 1.82) is 0 Å². The number of ether oxygens (including phenoxy) is 2. The van der Waals surface area contributed by atoms with E-state index in [9.17, 15) is 14.7 Å². The smallest absolute Gasteiger partial charge is 0.295 e. The molecular formula is C26H31NO5. The number of benzene rings is 2. The summed E-state index contributed by atoms with van der Waals surface area (Å²) in [5, 5.41) is 11.2. The number of carbonyl (C=O) groups is 2. The van der Waals surface area contributed by atoms with E-state index in [4.69, 9.17) is 9.47 Å². The molecule has 0 bridgehead atoms. The van der Waals surface area contributed by atoms with Gasteiger partial charge in [0, 0.05) is 19.2 Å². The van der Waals surface area contributed by atoms with E-state index in [1.807, 2.05) is 45.0 Å². The second kappa shape index (κ2) is 10.0. The Morgan fingerprint density at radius 3 is 2.38 bits per heavy atom. The molecule has 0 aromatic heterocycles. The summed E-state index contributed by atoms with van der Waals surface area (Å²) in [6.07, 6.45) is 0.902. The van der Waals surface area contributed by atoms with Gasteiger partial charge in [-0.3, -0.25) is 9.59 Å². The average molecular weight is 438 g/mol. The maximum absolute atomic E-state index is 13.0. The third-order valence-electron chi connectivity index (χ3n) is 5.59. The SMILES string of the molecule is CCc1ccc([C@H]2/C(=C(\O)c3ccc(OC(C)C)c(C)c3)C(=O)C(=O)N2CCOC)cc1. The molecule has 0 unspecified atom stereocenters. The van der Waals surface area contributed by atoms with Gasteiger partial charge in [-0.1, -0.05) is 31.2 Å². The first kappa shape index (κ1) is 23.5. The van der Waals surface area contributed by atoms with Crippen LogP contribution in [0, 0.1) is 6.92 Å². The molecule has 1 amide bonds. The van der Waals surface area contributed by atoms with Crippen molar-refractivity contribution in [1.82, 2.24) is 4.90 Å². The summed E-state index contributed by atoms with van der Waals surface area (Å²) in [6.45, 7) is 8.37. The average Bonchev–Trinajstić information content (AvgIpc) is 3.03. The molecule has 6 nitrogen and oxygen atoms in total. The molecule has 1 N–H and O–H groups in total. The molecule has 2 aromatic rings. The second-order valence-electron chi connectivity index (χ2n) is 8.23. The molecule has 1 fully saturated rings. The number of aliphatic hydroxyl groups is 1. The Balaban J connectivity index is 2.11. The molecule has 0 radical (unpaired) electrons. The van der Waals surface area contributed by atoms with Gasteiger partial charge in [-0.2, -0.15) is 0 Å². The molecule has 1 saturated heterocycles. The topological polar surface area (TPSA) is 76.1 Å². The quantitative estimate of drug-likeness (QED) is 0.376. The van der Waals surface area contributed by atoms with E-state index in [0.717, 1.165) is 23.1 Å². The van der Waals surface area contributed by atoms with Crippen LogP contribution in [0.15, 0.2) is 48.0 Å². The van der Waals surface area contributed by atoms with Gasteiger partial charge in [0.25, 0.3) is 11.7 Å². The van der Waals surface area contributed by atoms with Crippen molar-refractivity contribution in [3.8, 4) is 5.75 Å². The molecule has 6 heteroatoms. The summed E-state index contributed by atoms with van der Waals surface area (Å²) < 4.78 is 10.9. The van der Waals surface area contributed by atoms with Crippen molar-refractivity contribution in [2.45, 2.75) is 46.3 Å². The first-order valence-corrected chi connectivity index (χ1v) is 10.9. The Morgan fingerprint density at radius 2 is 1.81 bits per heavy atom. The van der Waals surface area contributed by atoms with Crippen LogP contribution in [0.4, 0.5) is 0 Å². The largest absolute Gasteiger partial charge is 0.507 e. The zero-order chi connectivity index (χ0) is 23.4. The van der Waals surface area contributed by atoms with E-state index >= 15 is 0 Å². The van der Waals surface area contributed by atoms with E-state index in [1.54, 1.807) is 25.3 Å². The van der Waals surface area contributed by atoms with Crippen LogP contribution in [0.2, 0.25) is 0 Å². The molecule has 3 rings (SSSR count). The van der Waals surface area contributed by atoms with Gasteiger partial charge >= 0.3 is 0 Å². The van der Waals surface area contributed by atoms with Crippen molar-refractivity contribution < 1.29 is 24.2 Å². The summed E-state index contributed by atoms with van der Waals surface area (Å²) in [7, 11) is 1.55. The number of hydrogen-bond donors (Lipinski definition) is 1. The number of aryl methyl sites for hydroxylation is 2. The Bertz CT molecular complexity index is 1020. The molecule has 0 aliphatic carbocycles. The van der Waals surface area contributed by atoms with Crippen LogP contribution in [-0.2, 0) is 20.7 Å². The standard InChI is InChI=1S/C26H31NO5/c1-6-18-7-9-19(10-8-18)23-22(25(29)26(30)27(23)13-14-31-5)24(28)20-11-12-21(17(4)15-20)32-16(2)3/h7-12,15-16,23,28H,6,13-14H2,1-5H3/b24-22+/t23-/m0/s1. The Hall–Kier alpha value is -3.12. The number of hydrogen-bond acceptors (Lipinski definition) is 5. The highest BCUT2D eigenvalue weighted by Gasteiger charge is 2.45. The van der Waals surface area contributed by atoms with Crippen molar-refractivity contribution >= 4 is 17.4 Å². The van der Waals surface area contributed by atoms with Gasteiger partial charge in [0.1, 0.15) is 11.5 Å². The molecular weight excluding hydrogens is 406 g/mol. The van der Waals surface area contributed by atoms with Gasteiger partial charge in [-0.15, -0.1) is 0 Å². The van der Waals surface area contributed by atoms with Gasteiger partial charge in [-0.25, -0.2) is 0 Å². The van der Waals surface area contributed by atoms with Crippen molar-refractivity contribution in [2.75, 3.05) is 20.3 Å². The van der Waals surface area contributed by atoms with Crippen LogP contribution in [0.25, 0.3) is 5.76 Å². The summed E-state index contributed by atoms with van der Waals surface area (Å²) in [5.41, 5.74) is 3.32. The van der Waals surface area contributed by atoms with Crippen molar-refractivity contribution in [2.24, 2.45) is 0 Å². The Morgan fingerprint density at radius 1 is 1.12 bits per heavy atom. The number of rotatable bonds is 8. The van der Waals surface area contributed by atoms with Gasteiger partial charge in [0.15, 0.2) is 0 Å². The van der Waals surface area contributed by atoms with Crippen molar-refractivity contribution in [3.05, 3.63) is 70.3 Å². The lowest BCUT2D eigenvalue weighted by Crippen LogP contribution is -2.32. The fourth-order valence-corrected chi connectivity index (χ4v) is 3.92. The highest BCUT2D eigenvalue weighted by Crippen LogP contribution is 2.39. The lowest BCUT2D eigenvalue weighted by Gasteiger charge is -2.25. The van der Waals surface area contributed by atoms with E-state index < -0.39 is 17.7 Å². The fraction of sp³-hybridized carbons (Fsp3) is 0.385. The minimum Gasteiger partial charge on any atom is -0.507 e. The molecule has 2 aromatic carbocycles. The van der Waals surface area contributed by atoms with E-state index in [1.165, 1.54) is 4.90 Å². The van der Waals surface area contributed by atoms with E-state index in [-0.39, 0.29) is 30.6 Å². The number of likely N-dealkylation sites (tertiary alicyclic amines) is 1. The number of aliphatic hydroxyl groups excluding tert-OH is 1. The number of nitrogens with zero attached hydrogens (tertiary/aromatic N) is 1. The Kier molecular flexibility index (Phi) is 7.36. The Labute approximate surface area is 189 Å². The molecule has 1 aliphatic rings. The fourth-order valence-electron chi connectivity index (χ4n) is 3.92. The number of ketones is 1. The van der Waals surface area contributed by atoms with Crippen LogP contribution in [0.3, 0.4) is 0 Å². The lowest BCUT2D eigenvalue weighted by atomic mass is 9.94. The summed E-state index contributed by atoms with van der Waals surface area (Å²) >= 11 is 0. The van der Waals surface area contributed by atoms with Gasteiger partial charge in [0.2, 0.25) is 0 Å². The molecule has 1 heterocycles. The second-order valence-corrected chi connectivity index (χ2v) is 8.23. The van der Waals surface area contributed by atoms with E-state index in [2.05, 4.69) is 6.92 Å². The highest BCUT2D eigenvalue weighted by atomic mass is 16.5. The first-order chi connectivity index (χ1) is 15.3. The summed E-state index contributed by atoms with van der Waals surface area (Å²) in [4.78, 5) is 27.4. The maximum atomic E-state index is 13.0. The minimum atomic E-state index is -0.691. The van der Waals surface area contributed by atoms with Crippen LogP contribution < -0.4 is 4.74 Å². The summed E-state index contributed by atoms with van der Waals surface area (Å²) in [6, 6.07) is 12.4. The first-order valence-electron chi connectivity index (χ1n) is 10.9. The normalized spacial score (nSPS) is 17.9. The number of carbonyl (C=O) groups excluding carboxylic acids is 2. The third-order valence-corrected chi connectivity index (χ3v) is 5.59. The third kappa shape index (κ3) is 4.70. The van der Waals surface area contributed by atoms with Gasteiger partial charge in [0.05, 0.1) is 24.3 Å². The molecule has 0 saturated carbocycles. The number of methoxy groups -OCH3 is 1. The molecule has 1 aliphatic heterocycles. The van der Waals surface area contributed by atoms with Crippen LogP contribution in [-0.4, -0.2) is 48.1 Å². The van der Waals surface area contributed by atoms with Crippen LogP contribution in [0.5, 0.6) is 5.75 Å². The highest BCUT2D eigenvalue weighted by molar-refractivity contribution is 6.46. The monoisotopic (exact) mass is 437 g/mol. The number of amides is 1. The maximum Gasteiger partial charge on any atom is 0.295 e. The number of Topliss-reactive ketones (excluding diaryl/α,β-unsaturated/α-hetero) is 1. The zero-order valence-electron chi connectivity index (χ0n) is 19.3. The molecule has 1 atom stereocenters. The summed E-state index contributed by atoms with van der Waals surface area (Å²) in [5.74, 6) is -0.802. The van der Waals surface area contributed by atoms with Gasteiger partial charge in [-0.05, 0) is 62.1 Å². The van der Waals surface area contributed by atoms with Crippen molar-refractivity contribution in [3.63, 3.8) is 0 Å². The van der Waals surface area contributed by atoms with E-state index in [0.29, 0.717) is 11.3 Å². The lowest BCUT2D eigenvalue weighted by molar-refractivity contribution is -0.140. The molecule has 32 heavy (non-hydrogen) atoms. The zero-order valence-corrected chi connectivity index (χ0v) is 19.3. The molecule has 170 valence electrons. The van der Waals surface area contributed by atoms with Crippen LogP contribution >= 0.6 is 0 Å². The molecule has 0 spiro atoms. The van der Waals surface area contributed by atoms with Gasteiger partial charge < -0.3 is 19.5 Å². The van der Waals surface area contributed by atoms with Crippen LogP contribution in [0.1, 0.15) is 49.1 Å². The predicted molar refractivity (Wildman–Crippen MR) is 124 cm³/mol.